The number of thioether (sulfide) groups is 1. The molecule has 0 radical (unpaired) electrons. The first-order chi connectivity index (χ1) is 9.06. The number of carbonyl (C=O) groups is 1. The van der Waals surface area contributed by atoms with E-state index in [4.69, 9.17) is 5.73 Å². The van der Waals surface area contributed by atoms with Crippen LogP contribution in [0.3, 0.4) is 0 Å². The van der Waals surface area contributed by atoms with Gasteiger partial charge in [-0.05, 0) is 36.5 Å². The van der Waals surface area contributed by atoms with Gasteiger partial charge in [-0.3, -0.25) is 4.79 Å². The van der Waals surface area contributed by atoms with E-state index in [1.165, 1.54) is 23.9 Å². The Balaban J connectivity index is 2.00. The fourth-order valence-corrected chi connectivity index (χ4v) is 3.84. The number of primary amides is 1. The molecule has 2 rings (SSSR count). The van der Waals surface area contributed by atoms with Gasteiger partial charge in [0.25, 0.3) is 0 Å². The van der Waals surface area contributed by atoms with Gasteiger partial charge in [0.1, 0.15) is 11.6 Å². The first kappa shape index (κ1) is 14.3. The lowest BCUT2D eigenvalue weighted by molar-refractivity contribution is -0.118. The second-order valence-electron chi connectivity index (χ2n) is 4.96. The molecule has 0 aromatic heterocycles. The monoisotopic (exact) mass is 285 g/mol. The van der Waals surface area contributed by atoms with Gasteiger partial charge in [-0.15, -0.1) is 11.8 Å². The van der Waals surface area contributed by atoms with Gasteiger partial charge in [0.2, 0.25) is 5.91 Å². The molecule has 19 heavy (non-hydrogen) atoms. The summed E-state index contributed by atoms with van der Waals surface area (Å²) in [6.07, 6.45) is 4.28. The summed E-state index contributed by atoms with van der Waals surface area (Å²) in [7, 11) is 0. The molecule has 1 aromatic carbocycles. The molecule has 1 amide bonds. The van der Waals surface area contributed by atoms with Gasteiger partial charge in [-0.2, -0.15) is 0 Å². The van der Waals surface area contributed by atoms with Gasteiger partial charge in [0, 0.05) is 11.8 Å². The van der Waals surface area contributed by atoms with Crippen LogP contribution in [0, 0.1) is 17.6 Å². The average molecular weight is 285 g/mol. The van der Waals surface area contributed by atoms with Crippen LogP contribution < -0.4 is 5.73 Å². The van der Waals surface area contributed by atoms with E-state index in [-0.39, 0.29) is 11.2 Å². The van der Waals surface area contributed by atoms with Gasteiger partial charge >= 0.3 is 0 Å². The highest BCUT2D eigenvalue weighted by atomic mass is 32.2. The Morgan fingerprint density at radius 1 is 1.26 bits per heavy atom. The highest BCUT2D eigenvalue weighted by molar-refractivity contribution is 7.99. The maximum Gasteiger partial charge on any atom is 0.230 e. The molecule has 104 valence electrons. The van der Waals surface area contributed by atoms with Crippen molar-refractivity contribution in [1.29, 1.82) is 0 Å². The van der Waals surface area contributed by atoms with E-state index in [1.807, 2.05) is 0 Å². The molecule has 1 aromatic rings. The largest absolute Gasteiger partial charge is 0.369 e. The summed E-state index contributed by atoms with van der Waals surface area (Å²) in [6.45, 7) is 0. The van der Waals surface area contributed by atoms with Crippen molar-refractivity contribution in [3.8, 4) is 0 Å². The number of hydrogen-bond acceptors (Lipinski definition) is 2. The van der Waals surface area contributed by atoms with Crippen molar-refractivity contribution in [2.75, 3.05) is 0 Å². The van der Waals surface area contributed by atoms with Crippen molar-refractivity contribution < 1.29 is 13.6 Å². The van der Waals surface area contributed by atoms with E-state index in [2.05, 4.69) is 0 Å². The third-order valence-electron chi connectivity index (χ3n) is 3.46. The predicted molar refractivity (Wildman–Crippen MR) is 72.6 cm³/mol. The molecule has 1 saturated carbocycles. The molecule has 5 heteroatoms. The minimum Gasteiger partial charge on any atom is -0.369 e. The van der Waals surface area contributed by atoms with Gasteiger partial charge in [0.05, 0.1) is 5.25 Å². The third kappa shape index (κ3) is 3.93. The molecular formula is C14H17F2NOS. The lowest BCUT2D eigenvalue weighted by atomic mass is 10.0. The van der Waals surface area contributed by atoms with E-state index < -0.39 is 11.6 Å². The number of halogens is 2. The molecule has 1 aliphatic carbocycles. The molecule has 1 aliphatic rings. The third-order valence-corrected chi connectivity index (χ3v) is 4.94. The normalized spacial score (nSPS) is 17.6. The molecule has 1 atom stereocenters. The smallest absolute Gasteiger partial charge is 0.230 e. The van der Waals surface area contributed by atoms with Crippen molar-refractivity contribution in [2.24, 2.45) is 11.7 Å². The van der Waals surface area contributed by atoms with Crippen molar-refractivity contribution in [2.45, 2.75) is 36.7 Å². The summed E-state index contributed by atoms with van der Waals surface area (Å²) in [4.78, 5) is 11.5. The molecule has 0 bridgehead atoms. The zero-order valence-electron chi connectivity index (χ0n) is 10.6. The molecule has 1 fully saturated rings. The van der Waals surface area contributed by atoms with Crippen LogP contribution in [0.25, 0.3) is 0 Å². The highest BCUT2D eigenvalue weighted by Gasteiger charge is 2.29. The van der Waals surface area contributed by atoms with Crippen LogP contribution in [0.5, 0.6) is 0 Å². The van der Waals surface area contributed by atoms with E-state index in [0.717, 1.165) is 31.7 Å². The number of benzene rings is 1. The molecule has 2 N–H and O–H groups in total. The van der Waals surface area contributed by atoms with Gasteiger partial charge in [-0.1, -0.05) is 12.8 Å². The molecule has 0 aliphatic heterocycles. The maximum atomic E-state index is 13.1. The van der Waals surface area contributed by atoms with Gasteiger partial charge in [-0.25, -0.2) is 8.78 Å². The van der Waals surface area contributed by atoms with E-state index in [1.54, 1.807) is 0 Å². The molecule has 0 heterocycles. The van der Waals surface area contributed by atoms with E-state index in [0.29, 0.717) is 17.2 Å². The number of rotatable bonds is 5. The standard InChI is InChI=1S/C14H17F2NOS/c15-11-5-9(6-12(16)7-11)8-19-13(14(17)18)10-3-1-2-4-10/h5-7,10,13H,1-4,8H2,(H2,17,18). The summed E-state index contributed by atoms with van der Waals surface area (Å²) >= 11 is 1.39. The van der Waals surface area contributed by atoms with Crippen molar-refractivity contribution in [1.82, 2.24) is 0 Å². The van der Waals surface area contributed by atoms with Crippen molar-refractivity contribution in [3.05, 3.63) is 35.4 Å². The first-order valence-corrected chi connectivity index (χ1v) is 7.47. The summed E-state index contributed by atoms with van der Waals surface area (Å²) in [5, 5.41) is -0.256. The Bertz CT molecular complexity index is 441. The lowest BCUT2D eigenvalue weighted by Gasteiger charge is -2.19. The SMILES string of the molecule is NC(=O)C(SCc1cc(F)cc(F)c1)C1CCCC1. The predicted octanol–water partition coefficient (Wildman–Crippen LogP) is 3.24. The number of carbonyl (C=O) groups excluding carboxylic acids is 1. The maximum absolute atomic E-state index is 13.1. The first-order valence-electron chi connectivity index (χ1n) is 6.42. The zero-order valence-corrected chi connectivity index (χ0v) is 11.4. The van der Waals surface area contributed by atoms with Crippen LogP contribution in [0.1, 0.15) is 31.2 Å². The zero-order chi connectivity index (χ0) is 13.8. The van der Waals surface area contributed by atoms with Crippen molar-refractivity contribution >= 4 is 17.7 Å². The lowest BCUT2D eigenvalue weighted by Crippen LogP contribution is -2.31. The molecule has 0 spiro atoms. The summed E-state index contributed by atoms with van der Waals surface area (Å²) in [5.74, 6) is -0.799. The minimum absolute atomic E-state index is 0.256. The average Bonchev–Trinajstić information content (AvgIpc) is 2.81. The van der Waals surface area contributed by atoms with Crippen molar-refractivity contribution in [3.63, 3.8) is 0 Å². The van der Waals surface area contributed by atoms with Crippen LogP contribution in [0.4, 0.5) is 8.78 Å². The fraction of sp³-hybridized carbons (Fsp3) is 0.500. The minimum atomic E-state index is -0.591. The van der Waals surface area contributed by atoms with Crippen LogP contribution >= 0.6 is 11.8 Å². The van der Waals surface area contributed by atoms with Crippen LogP contribution in [0.2, 0.25) is 0 Å². The fourth-order valence-electron chi connectivity index (χ4n) is 2.59. The van der Waals surface area contributed by atoms with Gasteiger partial charge < -0.3 is 5.73 Å². The Kier molecular flexibility index (Phi) is 4.80. The number of amides is 1. The Hall–Kier alpha value is -1.10. The Morgan fingerprint density at radius 3 is 2.37 bits per heavy atom. The second-order valence-corrected chi connectivity index (χ2v) is 6.09. The van der Waals surface area contributed by atoms with E-state index >= 15 is 0 Å². The molecule has 2 nitrogen and oxygen atoms in total. The molecule has 0 saturated heterocycles. The van der Waals surface area contributed by atoms with Gasteiger partial charge in [0.15, 0.2) is 0 Å². The molecule has 1 unspecified atom stereocenters. The molecular weight excluding hydrogens is 268 g/mol. The number of hydrogen-bond donors (Lipinski definition) is 1. The van der Waals surface area contributed by atoms with E-state index in [9.17, 15) is 13.6 Å². The highest BCUT2D eigenvalue weighted by Crippen LogP contribution is 2.35. The van der Waals surface area contributed by atoms with Crippen LogP contribution in [0.15, 0.2) is 18.2 Å². The second kappa shape index (κ2) is 6.37. The summed E-state index contributed by atoms with van der Waals surface area (Å²) in [6, 6.07) is 3.43. The Labute approximate surface area is 115 Å². The summed E-state index contributed by atoms with van der Waals surface area (Å²) in [5.41, 5.74) is 5.98. The van der Waals surface area contributed by atoms with Crippen LogP contribution in [-0.4, -0.2) is 11.2 Å². The topological polar surface area (TPSA) is 43.1 Å². The quantitative estimate of drug-likeness (QED) is 0.902. The summed E-state index contributed by atoms with van der Waals surface area (Å²) < 4.78 is 26.1. The van der Waals surface area contributed by atoms with Crippen LogP contribution in [-0.2, 0) is 10.5 Å². The number of nitrogens with two attached hydrogens (primary N) is 1. The Morgan fingerprint density at radius 2 is 1.84 bits per heavy atom.